The van der Waals surface area contributed by atoms with Crippen LogP contribution < -0.4 is 5.32 Å². The summed E-state index contributed by atoms with van der Waals surface area (Å²) >= 11 is 8.18. The van der Waals surface area contributed by atoms with E-state index in [1.165, 1.54) is 23.3 Å². The lowest BCUT2D eigenvalue weighted by atomic mass is 10.1. The van der Waals surface area contributed by atoms with Gasteiger partial charge < -0.3 is 5.32 Å². The molecule has 1 nitrogen and oxygen atoms in total. The quantitative estimate of drug-likeness (QED) is 0.791. The topological polar surface area (TPSA) is 12.0 Å². The fourth-order valence-electron chi connectivity index (χ4n) is 2.18. The summed E-state index contributed by atoms with van der Waals surface area (Å²) in [6.07, 6.45) is 3.46. The smallest absolute Gasteiger partial charge is 0.0460 e. The standard InChI is InChI=1S/C14H20ClNS/c1-2-5-12(15)9-16-10-13-8-11-6-3-4-7-14(11)17-13/h3-4,6-7,12-13,16H,2,5,8-10H2,1H3. The van der Waals surface area contributed by atoms with Crippen LogP contribution in [0.1, 0.15) is 25.3 Å². The van der Waals surface area contributed by atoms with E-state index in [4.69, 9.17) is 11.6 Å². The molecule has 0 saturated carbocycles. The van der Waals surface area contributed by atoms with Crippen molar-refractivity contribution in [3.05, 3.63) is 29.8 Å². The molecular formula is C14H20ClNS. The number of nitrogens with one attached hydrogen (secondary N) is 1. The maximum Gasteiger partial charge on any atom is 0.0460 e. The third kappa shape index (κ3) is 3.90. The van der Waals surface area contributed by atoms with Gasteiger partial charge >= 0.3 is 0 Å². The monoisotopic (exact) mass is 269 g/mol. The molecule has 0 saturated heterocycles. The zero-order chi connectivity index (χ0) is 12.1. The van der Waals surface area contributed by atoms with Gasteiger partial charge in [-0.3, -0.25) is 0 Å². The molecule has 1 N–H and O–H groups in total. The molecule has 3 heteroatoms. The number of rotatable bonds is 6. The van der Waals surface area contributed by atoms with Gasteiger partial charge in [0, 0.05) is 28.6 Å². The van der Waals surface area contributed by atoms with Crippen LogP contribution in [0.4, 0.5) is 0 Å². The molecule has 0 fully saturated rings. The molecule has 2 rings (SSSR count). The van der Waals surface area contributed by atoms with Crippen molar-refractivity contribution in [2.75, 3.05) is 13.1 Å². The lowest BCUT2D eigenvalue weighted by Crippen LogP contribution is -2.29. The highest BCUT2D eigenvalue weighted by molar-refractivity contribution is 8.00. The number of fused-ring (bicyclic) bond motifs is 1. The van der Waals surface area contributed by atoms with Crippen molar-refractivity contribution in [3.63, 3.8) is 0 Å². The van der Waals surface area contributed by atoms with Crippen molar-refractivity contribution in [2.45, 2.75) is 41.7 Å². The van der Waals surface area contributed by atoms with Crippen molar-refractivity contribution >= 4 is 23.4 Å². The average molecular weight is 270 g/mol. The van der Waals surface area contributed by atoms with Crippen LogP contribution in [0, 0.1) is 0 Å². The Morgan fingerprint density at radius 3 is 3.06 bits per heavy atom. The molecule has 0 aliphatic carbocycles. The predicted octanol–water partition coefficient (Wildman–Crippen LogP) is 3.70. The van der Waals surface area contributed by atoms with Gasteiger partial charge in [0.1, 0.15) is 0 Å². The molecule has 17 heavy (non-hydrogen) atoms. The van der Waals surface area contributed by atoms with Gasteiger partial charge in [-0.2, -0.15) is 0 Å². The summed E-state index contributed by atoms with van der Waals surface area (Å²) in [5.41, 5.74) is 1.50. The Balaban J connectivity index is 1.70. The summed E-state index contributed by atoms with van der Waals surface area (Å²) in [7, 11) is 0. The number of benzene rings is 1. The van der Waals surface area contributed by atoms with Crippen LogP contribution in [0.3, 0.4) is 0 Å². The molecular weight excluding hydrogens is 250 g/mol. The van der Waals surface area contributed by atoms with Gasteiger partial charge in [0.05, 0.1) is 0 Å². The van der Waals surface area contributed by atoms with Crippen LogP contribution in [0.15, 0.2) is 29.2 Å². The minimum Gasteiger partial charge on any atom is -0.314 e. The van der Waals surface area contributed by atoms with Crippen molar-refractivity contribution in [1.82, 2.24) is 5.32 Å². The van der Waals surface area contributed by atoms with Gasteiger partial charge in [0.2, 0.25) is 0 Å². The van der Waals surface area contributed by atoms with E-state index in [9.17, 15) is 0 Å². The largest absolute Gasteiger partial charge is 0.314 e. The van der Waals surface area contributed by atoms with Crippen LogP contribution >= 0.6 is 23.4 Å². The third-order valence-corrected chi connectivity index (χ3v) is 4.74. The molecule has 1 aromatic rings. The Kier molecular flexibility index (Phi) is 5.20. The highest BCUT2D eigenvalue weighted by Crippen LogP contribution is 2.36. The van der Waals surface area contributed by atoms with Gasteiger partial charge in [-0.15, -0.1) is 23.4 Å². The Morgan fingerprint density at radius 1 is 1.47 bits per heavy atom. The van der Waals surface area contributed by atoms with E-state index in [0.717, 1.165) is 19.5 Å². The summed E-state index contributed by atoms with van der Waals surface area (Å²) in [6.45, 7) is 4.17. The zero-order valence-corrected chi connectivity index (χ0v) is 11.9. The fourth-order valence-corrected chi connectivity index (χ4v) is 3.79. The van der Waals surface area contributed by atoms with Crippen LogP contribution in [-0.2, 0) is 6.42 Å². The van der Waals surface area contributed by atoms with Crippen molar-refractivity contribution in [2.24, 2.45) is 0 Å². The summed E-state index contributed by atoms with van der Waals surface area (Å²) in [5, 5.41) is 4.46. The predicted molar refractivity (Wildman–Crippen MR) is 77.2 cm³/mol. The number of alkyl halides is 1. The van der Waals surface area contributed by atoms with Crippen molar-refractivity contribution in [1.29, 1.82) is 0 Å². The van der Waals surface area contributed by atoms with Crippen LogP contribution in [0.25, 0.3) is 0 Å². The minimum atomic E-state index is 0.286. The molecule has 0 spiro atoms. The molecule has 0 bridgehead atoms. The van der Waals surface area contributed by atoms with Crippen molar-refractivity contribution < 1.29 is 0 Å². The second kappa shape index (κ2) is 6.67. The summed E-state index contributed by atoms with van der Waals surface area (Å²) in [6, 6.07) is 8.72. The second-order valence-electron chi connectivity index (χ2n) is 4.60. The Bertz CT molecular complexity index is 331. The normalized spacial score (nSPS) is 20.2. The zero-order valence-electron chi connectivity index (χ0n) is 10.3. The first-order valence-electron chi connectivity index (χ1n) is 6.39. The Labute approximate surface area is 113 Å². The number of halogens is 1. The minimum absolute atomic E-state index is 0.286. The van der Waals surface area contributed by atoms with Gasteiger partial charge in [-0.05, 0) is 24.5 Å². The van der Waals surface area contributed by atoms with Gasteiger partial charge in [-0.1, -0.05) is 31.5 Å². The summed E-state index contributed by atoms with van der Waals surface area (Å²) in [4.78, 5) is 1.45. The molecule has 1 aliphatic rings. The van der Waals surface area contributed by atoms with Gasteiger partial charge in [0.15, 0.2) is 0 Å². The highest BCUT2D eigenvalue weighted by Gasteiger charge is 2.21. The fraction of sp³-hybridized carbons (Fsp3) is 0.571. The molecule has 2 atom stereocenters. The van der Waals surface area contributed by atoms with Crippen molar-refractivity contribution in [3.8, 4) is 0 Å². The van der Waals surface area contributed by atoms with Crippen LogP contribution in [-0.4, -0.2) is 23.7 Å². The van der Waals surface area contributed by atoms with E-state index in [-0.39, 0.29) is 5.38 Å². The highest BCUT2D eigenvalue weighted by atomic mass is 35.5. The number of hydrogen-bond donors (Lipinski definition) is 1. The molecule has 1 aromatic carbocycles. The third-order valence-electron chi connectivity index (χ3n) is 3.05. The first kappa shape index (κ1) is 13.3. The van der Waals surface area contributed by atoms with E-state index in [1.54, 1.807) is 0 Å². The van der Waals surface area contributed by atoms with E-state index in [1.807, 2.05) is 11.8 Å². The molecule has 94 valence electrons. The first-order chi connectivity index (χ1) is 8.29. The maximum absolute atomic E-state index is 6.19. The molecule has 0 aromatic heterocycles. The van der Waals surface area contributed by atoms with Crippen LogP contribution in [0.5, 0.6) is 0 Å². The average Bonchev–Trinajstić information content (AvgIpc) is 2.71. The molecule has 1 heterocycles. The number of hydrogen-bond acceptors (Lipinski definition) is 2. The maximum atomic E-state index is 6.19. The molecule has 1 aliphatic heterocycles. The Hall–Kier alpha value is -0.180. The van der Waals surface area contributed by atoms with E-state index in [0.29, 0.717) is 5.25 Å². The molecule has 2 unspecified atom stereocenters. The Morgan fingerprint density at radius 2 is 2.29 bits per heavy atom. The molecule has 0 radical (unpaired) electrons. The summed E-state index contributed by atoms with van der Waals surface area (Å²) < 4.78 is 0. The van der Waals surface area contributed by atoms with Gasteiger partial charge in [-0.25, -0.2) is 0 Å². The lowest BCUT2D eigenvalue weighted by Gasteiger charge is -2.12. The molecule has 0 amide bonds. The van der Waals surface area contributed by atoms with Gasteiger partial charge in [0.25, 0.3) is 0 Å². The second-order valence-corrected chi connectivity index (χ2v) is 6.56. The summed E-state index contributed by atoms with van der Waals surface area (Å²) in [5.74, 6) is 0. The number of thioether (sulfide) groups is 1. The van der Waals surface area contributed by atoms with E-state index >= 15 is 0 Å². The van der Waals surface area contributed by atoms with E-state index in [2.05, 4.69) is 36.5 Å². The first-order valence-corrected chi connectivity index (χ1v) is 7.70. The lowest BCUT2D eigenvalue weighted by molar-refractivity contribution is 0.613. The SMILES string of the molecule is CCCC(Cl)CNCC1Cc2ccccc2S1. The van der Waals surface area contributed by atoms with Crippen LogP contribution in [0.2, 0.25) is 0 Å². The van der Waals surface area contributed by atoms with E-state index < -0.39 is 0 Å².